The van der Waals surface area contributed by atoms with Crippen LogP contribution in [-0.2, 0) is 4.79 Å². The van der Waals surface area contributed by atoms with E-state index >= 15 is 0 Å². The third-order valence-electron chi connectivity index (χ3n) is 5.31. The number of carbonyl (C=O) groups is 2. The van der Waals surface area contributed by atoms with E-state index in [2.05, 4.69) is 29.6 Å². The molecular formula is C23H29N2O3+. The van der Waals surface area contributed by atoms with Gasteiger partial charge in [-0.2, -0.15) is 0 Å². The van der Waals surface area contributed by atoms with E-state index in [4.69, 9.17) is 4.74 Å². The first kappa shape index (κ1) is 20.1. The van der Waals surface area contributed by atoms with Crippen molar-refractivity contribution in [2.45, 2.75) is 32.2 Å². The molecule has 0 aliphatic carbocycles. The second-order valence-corrected chi connectivity index (χ2v) is 7.22. The molecule has 3 rings (SSSR count). The van der Waals surface area contributed by atoms with E-state index < -0.39 is 0 Å². The average Bonchev–Trinajstić information content (AvgIpc) is 3.27. The maximum absolute atomic E-state index is 12.3. The fourth-order valence-electron chi connectivity index (χ4n) is 3.72. The fourth-order valence-corrected chi connectivity index (χ4v) is 3.72. The summed E-state index contributed by atoms with van der Waals surface area (Å²) in [5.41, 5.74) is 1.93. The molecule has 1 amide bonds. The van der Waals surface area contributed by atoms with Gasteiger partial charge in [-0.25, -0.2) is 0 Å². The number of hydrogen-bond acceptors (Lipinski definition) is 3. The van der Waals surface area contributed by atoms with Crippen molar-refractivity contribution in [3.63, 3.8) is 0 Å². The number of likely N-dealkylation sites (tertiary alicyclic amines) is 1. The Morgan fingerprint density at radius 2 is 1.71 bits per heavy atom. The molecule has 0 bridgehead atoms. The van der Waals surface area contributed by atoms with Crippen LogP contribution in [0.4, 0.5) is 0 Å². The Kier molecular flexibility index (Phi) is 7.20. The van der Waals surface area contributed by atoms with E-state index in [1.165, 1.54) is 23.3 Å². The lowest BCUT2D eigenvalue weighted by molar-refractivity contribution is -0.918. The summed E-state index contributed by atoms with van der Waals surface area (Å²) in [4.78, 5) is 25.5. The molecular weight excluding hydrogens is 352 g/mol. The predicted molar refractivity (Wildman–Crippen MR) is 109 cm³/mol. The molecule has 1 atom stereocenters. The summed E-state index contributed by atoms with van der Waals surface area (Å²) in [7, 11) is 0. The Labute approximate surface area is 166 Å². The minimum atomic E-state index is -0.131. The number of rotatable bonds is 9. The first-order valence-electron chi connectivity index (χ1n) is 10.1. The minimum Gasteiger partial charge on any atom is -0.484 e. The number of Topliss-reactive ketones (excluding diaryl/α,β-unsaturated/α-hetero) is 1. The number of ketones is 1. The van der Waals surface area contributed by atoms with Gasteiger partial charge in [0.1, 0.15) is 11.8 Å². The molecule has 0 saturated carbocycles. The lowest BCUT2D eigenvalue weighted by Crippen LogP contribution is -3.11. The molecule has 1 fully saturated rings. The summed E-state index contributed by atoms with van der Waals surface area (Å²) in [6.07, 6.45) is 2.96. The first-order chi connectivity index (χ1) is 13.7. The predicted octanol–water partition coefficient (Wildman–Crippen LogP) is 2.19. The molecule has 148 valence electrons. The molecule has 5 nitrogen and oxygen atoms in total. The number of hydrogen-bond donors (Lipinski definition) is 2. The highest BCUT2D eigenvalue weighted by Gasteiger charge is 2.27. The highest BCUT2D eigenvalue weighted by atomic mass is 16.5. The van der Waals surface area contributed by atoms with Gasteiger partial charge in [-0.3, -0.25) is 9.59 Å². The van der Waals surface area contributed by atoms with Gasteiger partial charge in [-0.1, -0.05) is 37.3 Å². The zero-order valence-corrected chi connectivity index (χ0v) is 16.4. The molecule has 0 aromatic heterocycles. The van der Waals surface area contributed by atoms with Gasteiger partial charge in [0, 0.05) is 30.4 Å². The molecule has 0 radical (unpaired) electrons. The van der Waals surface area contributed by atoms with E-state index in [9.17, 15) is 9.59 Å². The third kappa shape index (κ3) is 5.42. The monoisotopic (exact) mass is 381 g/mol. The van der Waals surface area contributed by atoms with E-state index in [-0.39, 0.29) is 24.3 Å². The van der Waals surface area contributed by atoms with E-state index in [1.54, 1.807) is 24.3 Å². The molecule has 2 aromatic rings. The molecule has 28 heavy (non-hydrogen) atoms. The molecule has 2 aromatic carbocycles. The van der Waals surface area contributed by atoms with Crippen LogP contribution in [0.25, 0.3) is 0 Å². The van der Waals surface area contributed by atoms with Gasteiger partial charge in [-0.05, 0) is 24.3 Å². The second-order valence-electron chi connectivity index (χ2n) is 7.22. The Hall–Kier alpha value is -2.66. The van der Waals surface area contributed by atoms with E-state index in [0.29, 0.717) is 24.3 Å². The molecule has 5 heteroatoms. The van der Waals surface area contributed by atoms with Gasteiger partial charge in [0.25, 0.3) is 5.91 Å². The normalized spacial score (nSPS) is 15.2. The van der Waals surface area contributed by atoms with Gasteiger partial charge in [0.15, 0.2) is 12.4 Å². The molecule has 2 N–H and O–H groups in total. The minimum absolute atomic E-state index is 0.0298. The Morgan fingerprint density at radius 1 is 1.04 bits per heavy atom. The third-order valence-corrected chi connectivity index (χ3v) is 5.31. The van der Waals surface area contributed by atoms with Gasteiger partial charge in [-0.15, -0.1) is 0 Å². The molecule has 0 unspecified atom stereocenters. The highest BCUT2D eigenvalue weighted by molar-refractivity contribution is 5.95. The number of nitrogens with one attached hydrogen (secondary N) is 2. The highest BCUT2D eigenvalue weighted by Crippen LogP contribution is 2.14. The van der Waals surface area contributed by atoms with Crippen LogP contribution in [0.1, 0.15) is 48.1 Å². The molecule has 0 spiro atoms. The van der Waals surface area contributed by atoms with Crippen molar-refractivity contribution >= 4 is 11.7 Å². The number of ether oxygens (including phenoxy) is 1. The first-order valence-corrected chi connectivity index (χ1v) is 10.1. The van der Waals surface area contributed by atoms with E-state index in [1.807, 2.05) is 13.0 Å². The van der Waals surface area contributed by atoms with Gasteiger partial charge >= 0.3 is 0 Å². The summed E-state index contributed by atoms with van der Waals surface area (Å²) < 4.78 is 5.57. The van der Waals surface area contributed by atoms with Crippen LogP contribution in [0, 0.1) is 0 Å². The van der Waals surface area contributed by atoms with Crippen molar-refractivity contribution in [1.29, 1.82) is 0 Å². The lowest BCUT2D eigenvalue weighted by atomic mass is 10.1. The number of benzene rings is 2. The van der Waals surface area contributed by atoms with Crippen LogP contribution in [0.3, 0.4) is 0 Å². The Bertz CT molecular complexity index is 768. The van der Waals surface area contributed by atoms with Crippen LogP contribution in [-0.4, -0.2) is 37.9 Å². The summed E-state index contributed by atoms with van der Waals surface area (Å²) in [5.74, 6) is 0.557. The zero-order chi connectivity index (χ0) is 19.8. The average molecular weight is 381 g/mol. The van der Waals surface area contributed by atoms with Crippen LogP contribution < -0.4 is 15.0 Å². The van der Waals surface area contributed by atoms with Crippen molar-refractivity contribution in [2.75, 3.05) is 26.2 Å². The lowest BCUT2D eigenvalue weighted by Gasteiger charge is -2.25. The Balaban J connectivity index is 1.51. The van der Waals surface area contributed by atoms with Crippen LogP contribution in [0.15, 0.2) is 54.6 Å². The van der Waals surface area contributed by atoms with Crippen LogP contribution in [0.2, 0.25) is 0 Å². The fraction of sp³-hybridized carbons (Fsp3) is 0.391. The largest absolute Gasteiger partial charge is 0.484 e. The van der Waals surface area contributed by atoms with Crippen molar-refractivity contribution in [2.24, 2.45) is 0 Å². The quantitative estimate of drug-likeness (QED) is 0.655. The maximum Gasteiger partial charge on any atom is 0.258 e. The van der Waals surface area contributed by atoms with Crippen molar-refractivity contribution in [1.82, 2.24) is 5.32 Å². The second kappa shape index (κ2) is 10.0. The van der Waals surface area contributed by atoms with Gasteiger partial charge < -0.3 is 15.0 Å². The number of quaternary nitrogens is 1. The molecule has 1 saturated heterocycles. The molecule has 1 aliphatic rings. The number of amides is 1. The van der Waals surface area contributed by atoms with E-state index in [0.717, 1.165) is 13.1 Å². The van der Waals surface area contributed by atoms with Crippen molar-refractivity contribution in [3.05, 3.63) is 65.7 Å². The maximum atomic E-state index is 12.3. The Morgan fingerprint density at radius 3 is 2.36 bits per heavy atom. The summed E-state index contributed by atoms with van der Waals surface area (Å²) in [6.45, 7) is 4.70. The summed E-state index contributed by atoms with van der Waals surface area (Å²) >= 11 is 0. The summed E-state index contributed by atoms with van der Waals surface area (Å²) in [5, 5.41) is 3.03. The van der Waals surface area contributed by atoms with Gasteiger partial charge in [0.05, 0.1) is 19.6 Å². The van der Waals surface area contributed by atoms with Crippen molar-refractivity contribution in [3.8, 4) is 5.75 Å². The number of carbonyl (C=O) groups excluding carboxylic acids is 2. The van der Waals surface area contributed by atoms with Crippen LogP contribution in [0.5, 0.6) is 5.75 Å². The standard InChI is InChI=1S/C23H28N2O3/c1-2-22(26)19-10-12-20(13-11-19)28-17-23(27)24-16-21(25-14-6-7-15-25)18-8-4-3-5-9-18/h3-5,8-13,21H,2,6-7,14-17H2,1H3,(H,24,27)/p+1/t21-/m0/s1. The molecule has 1 aliphatic heterocycles. The summed E-state index contributed by atoms with van der Waals surface area (Å²) in [6, 6.07) is 17.6. The van der Waals surface area contributed by atoms with Crippen LogP contribution >= 0.6 is 0 Å². The van der Waals surface area contributed by atoms with Gasteiger partial charge in [0.2, 0.25) is 0 Å². The smallest absolute Gasteiger partial charge is 0.258 e. The van der Waals surface area contributed by atoms with Crippen molar-refractivity contribution < 1.29 is 19.2 Å². The topological polar surface area (TPSA) is 59.8 Å². The SMILES string of the molecule is CCC(=O)c1ccc(OCC(=O)NC[C@@H](c2ccccc2)[NH+]2CCCC2)cc1. The molecule has 1 heterocycles. The zero-order valence-electron chi connectivity index (χ0n) is 16.4.